The van der Waals surface area contributed by atoms with Crippen molar-refractivity contribution >= 4 is 39.5 Å². The number of aliphatic hydroxyl groups is 1. The molecule has 0 aromatic rings. The predicted octanol–water partition coefficient (Wildman–Crippen LogP) is 25.3. The Kier molecular flexibility index (Phi) is 77.3. The van der Waals surface area contributed by atoms with Crippen molar-refractivity contribution in [3.8, 4) is 0 Å². The van der Waals surface area contributed by atoms with Gasteiger partial charge in [0.1, 0.15) is 19.3 Å². The molecule has 0 aromatic heterocycles. The summed E-state index contributed by atoms with van der Waals surface area (Å²) in [6, 6.07) is 0. The van der Waals surface area contributed by atoms with Crippen molar-refractivity contribution in [2.24, 2.45) is 0 Å². The molecule has 0 radical (unpaired) electrons. The molecule has 0 rings (SSSR count). The SMILES string of the molecule is CCCCC/C=C\C/C=C\C/C=C\C/C=C\C/C=C\CCC(=O)O[C@H](COC(=O)CCC/C=C\C/C=C\C/C=C\C/C=C\CCCCC)COP(=O)(O)OC[C@@H](O)COP(=O)(O)OC[C@@H](COC(=O)CCCCCCCCCCCCCCCCC)OC(=O)CC/C=C\C/C=C\C/C=C\C/C=C\C/C=C\CCCCC. The van der Waals surface area contributed by atoms with Crippen molar-refractivity contribution in [2.45, 2.75) is 341 Å². The minimum Gasteiger partial charge on any atom is -0.462 e. The number of ether oxygens (including phenoxy) is 4. The van der Waals surface area contributed by atoms with Gasteiger partial charge in [-0.1, -0.05) is 326 Å². The normalized spacial score (nSPS) is 14.6. The summed E-state index contributed by atoms with van der Waals surface area (Å²) in [5.41, 5.74) is 0. The van der Waals surface area contributed by atoms with E-state index in [0.717, 1.165) is 103 Å². The number of phosphoric acid groups is 2. The van der Waals surface area contributed by atoms with Gasteiger partial charge in [0.15, 0.2) is 12.2 Å². The minimum absolute atomic E-state index is 0.0351. The molecule has 0 aliphatic rings. The van der Waals surface area contributed by atoms with E-state index in [1.807, 2.05) is 48.6 Å². The van der Waals surface area contributed by atoms with Gasteiger partial charge in [0, 0.05) is 25.7 Å². The van der Waals surface area contributed by atoms with Crippen LogP contribution in [-0.2, 0) is 65.4 Å². The molecule has 2 unspecified atom stereocenters. The lowest BCUT2D eigenvalue weighted by atomic mass is 10.0. The van der Waals surface area contributed by atoms with Gasteiger partial charge in [-0.15, -0.1) is 0 Å². The highest BCUT2D eigenvalue weighted by atomic mass is 31.2. The Bertz CT molecular complexity index is 2750. The van der Waals surface area contributed by atoms with Crippen LogP contribution >= 0.6 is 15.6 Å². The first-order valence-corrected chi connectivity index (χ1v) is 45.4. The molecule has 110 heavy (non-hydrogen) atoms. The summed E-state index contributed by atoms with van der Waals surface area (Å²) in [7, 11) is -10.0. The van der Waals surface area contributed by atoms with Gasteiger partial charge >= 0.3 is 39.5 Å². The zero-order valence-corrected chi connectivity index (χ0v) is 70.4. The second-order valence-electron chi connectivity index (χ2n) is 27.7. The van der Waals surface area contributed by atoms with Crippen LogP contribution in [0.2, 0.25) is 0 Å². The van der Waals surface area contributed by atoms with E-state index in [1.165, 1.54) is 122 Å². The second-order valence-corrected chi connectivity index (χ2v) is 30.6. The summed E-state index contributed by atoms with van der Waals surface area (Å²) >= 11 is 0. The Morgan fingerprint density at radius 2 is 0.473 bits per heavy atom. The number of esters is 4. The molecule has 0 fully saturated rings. The third kappa shape index (κ3) is 80.5. The van der Waals surface area contributed by atoms with Crippen molar-refractivity contribution in [1.82, 2.24) is 0 Å². The number of carbonyl (C=O) groups is 4. The maximum Gasteiger partial charge on any atom is 0.472 e. The lowest BCUT2D eigenvalue weighted by Crippen LogP contribution is -2.30. The maximum atomic E-state index is 13.1. The zero-order valence-electron chi connectivity index (χ0n) is 68.6. The van der Waals surface area contributed by atoms with Gasteiger partial charge in [-0.25, -0.2) is 9.13 Å². The summed E-state index contributed by atoms with van der Waals surface area (Å²) in [5, 5.41) is 10.7. The highest BCUT2D eigenvalue weighted by Gasteiger charge is 2.30. The lowest BCUT2D eigenvalue weighted by molar-refractivity contribution is -0.161. The number of allylic oxidation sites excluding steroid dienone is 28. The molecule has 5 atom stereocenters. The standard InChI is InChI=1S/C91H150O17P2/c1-5-9-13-17-21-25-29-33-37-40-42-45-49-53-57-61-65-69-73-77-90(95)107-86(81-101-88(93)75-71-67-63-59-55-51-47-36-32-28-24-20-16-12-8-4)83-105-109(97,98)103-79-85(92)80-104-110(99,100)106-84-87(82-102-89(94)76-72-68-64-60-56-52-48-44-39-35-31-27-23-19-15-11-7-3)108-91(96)78-74-70-66-62-58-54-50-46-43-41-38-34-30-26-22-18-14-10-6-2/h21-23,25-27,33-35,37-39,42-43,45-46,48,52-54,57-58,60,64-66,69-70,85-87,92H,5-20,24,28-32,36,40-41,44,47,49-51,55-56,59,61-63,67-68,71-84H2,1-4H3,(H,97,98)(H,99,100)/b25-21-,26-22-,27-23-,37-33-,38-34-,39-35-,45-42-,46-43-,52-48-,57-53-,58-54-,64-60-,69-65-,70-66-/t85-,86+,87+/m0/s1. The van der Waals surface area contributed by atoms with Crippen LogP contribution in [0.25, 0.3) is 0 Å². The fourth-order valence-electron chi connectivity index (χ4n) is 10.7. The quantitative estimate of drug-likeness (QED) is 0.0169. The minimum atomic E-state index is -5.03. The third-order valence-electron chi connectivity index (χ3n) is 17.2. The molecule has 19 heteroatoms. The monoisotopic (exact) mass is 1580 g/mol. The second kappa shape index (κ2) is 81.4. The van der Waals surface area contributed by atoms with E-state index in [0.29, 0.717) is 44.9 Å². The third-order valence-corrected chi connectivity index (χ3v) is 19.1. The van der Waals surface area contributed by atoms with Crippen LogP contribution in [-0.4, -0.2) is 96.7 Å². The van der Waals surface area contributed by atoms with Crippen LogP contribution in [0.5, 0.6) is 0 Å². The van der Waals surface area contributed by atoms with Gasteiger partial charge < -0.3 is 33.8 Å². The molecule has 0 aromatic carbocycles. The Labute approximate surface area is 667 Å². The Morgan fingerprint density at radius 3 is 0.755 bits per heavy atom. The van der Waals surface area contributed by atoms with Crippen molar-refractivity contribution in [1.29, 1.82) is 0 Å². The molecule has 0 spiro atoms. The molecule has 0 amide bonds. The average Bonchev–Trinajstić information content (AvgIpc) is 0.907. The van der Waals surface area contributed by atoms with Crippen molar-refractivity contribution in [3.63, 3.8) is 0 Å². The summed E-state index contributed by atoms with van der Waals surface area (Å²) in [5.74, 6) is -2.44. The maximum absolute atomic E-state index is 13.1. The topological polar surface area (TPSA) is 237 Å². The van der Waals surface area contributed by atoms with Gasteiger partial charge in [0.25, 0.3) is 0 Å². The molecule has 0 heterocycles. The smallest absolute Gasteiger partial charge is 0.462 e. The fourth-order valence-corrected chi connectivity index (χ4v) is 12.3. The number of aliphatic hydroxyl groups excluding tert-OH is 1. The lowest BCUT2D eigenvalue weighted by Gasteiger charge is -2.21. The van der Waals surface area contributed by atoms with Crippen molar-refractivity contribution in [3.05, 3.63) is 170 Å². The largest absolute Gasteiger partial charge is 0.472 e. The number of rotatable bonds is 78. The molecule has 0 aliphatic carbocycles. The van der Waals surface area contributed by atoms with Crippen molar-refractivity contribution in [2.75, 3.05) is 39.6 Å². The van der Waals surface area contributed by atoms with Crippen LogP contribution in [0.1, 0.15) is 323 Å². The molecule has 626 valence electrons. The highest BCUT2D eigenvalue weighted by Crippen LogP contribution is 2.45. The number of hydrogen-bond donors (Lipinski definition) is 3. The number of phosphoric ester groups is 2. The first kappa shape index (κ1) is 104. The van der Waals surface area contributed by atoms with Crippen molar-refractivity contribution < 1.29 is 80.2 Å². The molecular formula is C91H150O17P2. The van der Waals surface area contributed by atoms with Gasteiger partial charge in [0.2, 0.25) is 0 Å². The van der Waals surface area contributed by atoms with E-state index in [9.17, 15) is 43.2 Å². The summed E-state index contributed by atoms with van der Waals surface area (Å²) in [6.07, 6.45) is 97.9. The van der Waals surface area contributed by atoms with E-state index in [1.54, 1.807) is 0 Å². The van der Waals surface area contributed by atoms with Crippen LogP contribution in [0.3, 0.4) is 0 Å². The number of unbranched alkanes of at least 4 members (excludes halogenated alkanes) is 24. The van der Waals surface area contributed by atoms with E-state index < -0.39 is 97.5 Å². The van der Waals surface area contributed by atoms with Gasteiger partial charge in [-0.2, -0.15) is 0 Å². The molecule has 0 bridgehead atoms. The zero-order chi connectivity index (χ0) is 80.3. The van der Waals surface area contributed by atoms with E-state index in [4.69, 9.17) is 37.0 Å². The van der Waals surface area contributed by atoms with E-state index in [2.05, 4.69) is 149 Å². The highest BCUT2D eigenvalue weighted by molar-refractivity contribution is 7.47. The van der Waals surface area contributed by atoms with E-state index in [-0.39, 0.29) is 25.7 Å². The Balaban J connectivity index is 5.57. The molecule has 0 saturated heterocycles. The molecular weight excluding hydrogens is 1430 g/mol. The molecule has 0 aliphatic heterocycles. The number of hydrogen-bond acceptors (Lipinski definition) is 15. The molecule has 0 saturated carbocycles. The summed E-state index contributed by atoms with van der Waals surface area (Å²) in [6.45, 7) is 4.57. The molecule has 17 nitrogen and oxygen atoms in total. The van der Waals surface area contributed by atoms with Gasteiger partial charge in [0.05, 0.1) is 26.4 Å². The van der Waals surface area contributed by atoms with Crippen LogP contribution in [0.4, 0.5) is 0 Å². The van der Waals surface area contributed by atoms with E-state index >= 15 is 0 Å². The summed E-state index contributed by atoms with van der Waals surface area (Å²) < 4.78 is 68.5. The van der Waals surface area contributed by atoms with Crippen LogP contribution in [0.15, 0.2) is 170 Å². The van der Waals surface area contributed by atoms with Gasteiger partial charge in [-0.05, 0) is 141 Å². The predicted molar refractivity (Wildman–Crippen MR) is 454 cm³/mol. The molecule has 3 N–H and O–H groups in total. The van der Waals surface area contributed by atoms with Gasteiger partial charge in [-0.3, -0.25) is 37.3 Å². The first-order valence-electron chi connectivity index (χ1n) is 42.4. The fraction of sp³-hybridized carbons (Fsp3) is 0.648. The van der Waals surface area contributed by atoms with Crippen LogP contribution < -0.4 is 0 Å². The first-order chi connectivity index (χ1) is 53.7. The Hall–Kier alpha value is -5.58. The average molecular weight is 1580 g/mol. The number of carbonyl (C=O) groups excluding carboxylic acids is 4. The summed E-state index contributed by atoms with van der Waals surface area (Å²) in [4.78, 5) is 73.1. The Morgan fingerprint density at radius 1 is 0.255 bits per heavy atom. The van der Waals surface area contributed by atoms with Crippen LogP contribution in [0, 0.1) is 0 Å².